The number of rotatable bonds is 3. The molecule has 0 atom stereocenters. The van der Waals surface area contributed by atoms with E-state index in [1.807, 2.05) is 0 Å². The molecule has 0 aliphatic heterocycles. The first kappa shape index (κ1) is 13.8. The van der Waals surface area contributed by atoms with E-state index in [9.17, 15) is 4.79 Å². The lowest BCUT2D eigenvalue weighted by Gasteiger charge is -2.19. The molecule has 0 aromatic heterocycles. The third-order valence-corrected chi connectivity index (χ3v) is 1.70. The van der Waals surface area contributed by atoms with E-state index in [-0.39, 0.29) is 5.75 Å². The van der Waals surface area contributed by atoms with Crippen LogP contribution in [0.15, 0.2) is 29.3 Å². The zero-order valence-corrected chi connectivity index (χ0v) is 10.6. The Bertz CT molecular complexity index is 421. The van der Waals surface area contributed by atoms with Gasteiger partial charge in [-0.15, -0.1) is 0 Å². The van der Waals surface area contributed by atoms with Crippen molar-refractivity contribution in [2.45, 2.75) is 26.4 Å². The fourth-order valence-corrected chi connectivity index (χ4v) is 1.04. The summed E-state index contributed by atoms with van der Waals surface area (Å²) >= 11 is 0. The van der Waals surface area contributed by atoms with Crippen LogP contribution in [0.3, 0.4) is 0 Å². The Morgan fingerprint density at radius 2 is 1.94 bits per heavy atom. The molecule has 0 radical (unpaired) electrons. The number of carbonyl (C=O) groups excluding carboxylic acids is 1. The van der Waals surface area contributed by atoms with E-state index in [0.717, 1.165) is 0 Å². The molecule has 98 valence electrons. The Labute approximate surface area is 106 Å². The lowest BCUT2D eigenvalue weighted by atomic mass is 10.2. The van der Waals surface area contributed by atoms with Gasteiger partial charge >= 0.3 is 6.09 Å². The second kappa shape index (κ2) is 5.90. The summed E-state index contributed by atoms with van der Waals surface area (Å²) in [6.45, 7) is 5.32. The third-order valence-electron chi connectivity index (χ3n) is 1.70. The summed E-state index contributed by atoms with van der Waals surface area (Å²) in [4.78, 5) is 15.2. The van der Waals surface area contributed by atoms with Crippen LogP contribution >= 0.6 is 0 Å². The molecule has 0 fully saturated rings. The molecule has 0 saturated carbocycles. The first-order valence-electron chi connectivity index (χ1n) is 5.43. The fraction of sp³-hybridized carbons (Fsp3) is 0.333. The summed E-state index contributed by atoms with van der Waals surface area (Å²) in [5, 5.41) is 9.07. The molecule has 1 amide bonds. The van der Waals surface area contributed by atoms with Crippen LogP contribution in [-0.2, 0) is 4.74 Å². The Balaban J connectivity index is 2.33. The Morgan fingerprint density at radius 3 is 2.50 bits per heavy atom. The maximum atomic E-state index is 11.2. The molecule has 0 saturated heterocycles. The van der Waals surface area contributed by atoms with E-state index in [0.29, 0.717) is 5.69 Å². The van der Waals surface area contributed by atoms with Gasteiger partial charge < -0.3 is 9.84 Å². The molecule has 1 aromatic carbocycles. The normalized spacial score (nSPS) is 11.3. The van der Waals surface area contributed by atoms with Crippen LogP contribution in [0.25, 0.3) is 0 Å². The lowest BCUT2D eigenvalue weighted by Crippen LogP contribution is -2.40. The number of nitrogens with zero attached hydrogens (tertiary/aromatic N) is 1. The largest absolute Gasteiger partial charge is 0.508 e. The first-order chi connectivity index (χ1) is 8.37. The predicted octanol–water partition coefficient (Wildman–Crippen LogP) is 2.08. The number of hydrogen-bond donors (Lipinski definition) is 3. The summed E-state index contributed by atoms with van der Waals surface area (Å²) in [7, 11) is 0. The van der Waals surface area contributed by atoms with Crippen molar-refractivity contribution in [3.63, 3.8) is 0 Å². The number of phenolic OH excluding ortho intramolecular Hbond substituents is 1. The molecule has 18 heavy (non-hydrogen) atoms. The van der Waals surface area contributed by atoms with Gasteiger partial charge in [0.25, 0.3) is 0 Å². The topological polar surface area (TPSA) is 83.0 Å². The van der Waals surface area contributed by atoms with Crippen molar-refractivity contribution in [3.8, 4) is 5.75 Å². The third kappa shape index (κ3) is 5.74. The number of carbonyl (C=O) groups is 1. The predicted molar refractivity (Wildman–Crippen MR) is 68.8 cm³/mol. The number of hydrazine groups is 1. The van der Waals surface area contributed by atoms with E-state index in [4.69, 9.17) is 9.84 Å². The zero-order valence-electron chi connectivity index (χ0n) is 10.6. The van der Waals surface area contributed by atoms with Gasteiger partial charge in [-0.2, -0.15) is 0 Å². The fourth-order valence-electron chi connectivity index (χ4n) is 1.04. The molecular formula is C12H17N3O3. The average Bonchev–Trinajstić information content (AvgIpc) is 2.24. The molecule has 3 N–H and O–H groups in total. The van der Waals surface area contributed by atoms with Crippen LogP contribution in [0, 0.1) is 0 Å². The second-order valence-corrected chi connectivity index (χ2v) is 4.55. The molecule has 6 nitrogen and oxygen atoms in total. The zero-order chi connectivity index (χ0) is 13.6. The van der Waals surface area contributed by atoms with Gasteiger partial charge in [0.1, 0.15) is 17.7 Å². The van der Waals surface area contributed by atoms with Crippen molar-refractivity contribution in [1.29, 1.82) is 0 Å². The van der Waals surface area contributed by atoms with Crippen molar-refractivity contribution in [2.24, 2.45) is 4.99 Å². The highest BCUT2D eigenvalue weighted by Gasteiger charge is 2.15. The summed E-state index contributed by atoms with van der Waals surface area (Å²) in [5.74, 6) is 0.175. The van der Waals surface area contributed by atoms with Crippen LogP contribution in [0.1, 0.15) is 20.8 Å². The molecule has 1 aromatic rings. The van der Waals surface area contributed by atoms with E-state index >= 15 is 0 Å². The summed E-state index contributed by atoms with van der Waals surface area (Å²) in [6, 6.07) is 6.32. The van der Waals surface area contributed by atoms with Crippen molar-refractivity contribution in [1.82, 2.24) is 10.9 Å². The molecule has 6 heteroatoms. The van der Waals surface area contributed by atoms with Crippen LogP contribution in [-0.4, -0.2) is 23.1 Å². The second-order valence-electron chi connectivity index (χ2n) is 4.55. The smallest absolute Gasteiger partial charge is 0.426 e. The van der Waals surface area contributed by atoms with Crippen LogP contribution in [0.5, 0.6) is 5.75 Å². The number of aliphatic imine (C=N–C) groups is 1. The van der Waals surface area contributed by atoms with Crippen LogP contribution in [0.2, 0.25) is 0 Å². The van der Waals surface area contributed by atoms with Gasteiger partial charge in [-0.25, -0.2) is 15.2 Å². The van der Waals surface area contributed by atoms with Crippen molar-refractivity contribution in [3.05, 3.63) is 24.3 Å². The molecule has 0 aliphatic carbocycles. The minimum atomic E-state index is -0.584. The Hall–Kier alpha value is -2.24. The van der Waals surface area contributed by atoms with Gasteiger partial charge in [0.05, 0.1) is 5.69 Å². The highest BCUT2D eigenvalue weighted by atomic mass is 16.6. The standard InChI is InChI=1S/C12H17N3O3/c1-12(2,3)18-11(17)15-14-8-13-9-4-6-10(16)7-5-9/h4-8,16H,1-3H3,(H,13,14)(H,15,17). The number of hydrogen-bond acceptors (Lipinski definition) is 4. The molecule has 0 bridgehead atoms. The van der Waals surface area contributed by atoms with Gasteiger partial charge in [0.15, 0.2) is 0 Å². The molecule has 0 spiro atoms. The number of amides is 1. The summed E-state index contributed by atoms with van der Waals surface area (Å²) in [6.07, 6.45) is 0.732. The Kier molecular flexibility index (Phi) is 4.53. The summed E-state index contributed by atoms with van der Waals surface area (Å²) < 4.78 is 5.00. The molecule has 0 unspecified atom stereocenters. The van der Waals surface area contributed by atoms with E-state index in [1.54, 1.807) is 32.9 Å². The Morgan fingerprint density at radius 1 is 1.33 bits per heavy atom. The van der Waals surface area contributed by atoms with Crippen molar-refractivity contribution in [2.75, 3.05) is 0 Å². The number of phenols is 1. The van der Waals surface area contributed by atoms with E-state index in [2.05, 4.69) is 15.8 Å². The molecule has 1 rings (SSSR count). The van der Waals surface area contributed by atoms with E-state index < -0.39 is 11.7 Å². The summed E-state index contributed by atoms with van der Waals surface area (Å²) in [5.41, 5.74) is 4.91. The lowest BCUT2D eigenvalue weighted by molar-refractivity contribution is 0.0514. The molecule has 0 heterocycles. The van der Waals surface area contributed by atoms with Gasteiger partial charge in [-0.3, -0.25) is 5.43 Å². The highest BCUT2D eigenvalue weighted by molar-refractivity contribution is 5.71. The SMILES string of the molecule is CC(C)(C)OC(=O)NNC=Nc1ccc(O)cc1. The van der Waals surface area contributed by atoms with Gasteiger partial charge in [0, 0.05) is 0 Å². The number of aromatic hydroxyl groups is 1. The number of benzene rings is 1. The van der Waals surface area contributed by atoms with Gasteiger partial charge in [0.2, 0.25) is 0 Å². The molecular weight excluding hydrogens is 234 g/mol. The minimum Gasteiger partial charge on any atom is -0.508 e. The molecule has 0 aliphatic rings. The maximum absolute atomic E-state index is 11.2. The number of ether oxygens (including phenoxy) is 1. The minimum absolute atomic E-state index is 0.175. The monoisotopic (exact) mass is 251 g/mol. The average molecular weight is 251 g/mol. The maximum Gasteiger partial charge on any atom is 0.426 e. The first-order valence-corrected chi connectivity index (χ1v) is 5.43. The number of nitrogens with one attached hydrogen (secondary N) is 2. The quantitative estimate of drug-likeness (QED) is 0.436. The van der Waals surface area contributed by atoms with Crippen molar-refractivity contribution >= 4 is 18.1 Å². The van der Waals surface area contributed by atoms with E-state index in [1.165, 1.54) is 18.5 Å². The van der Waals surface area contributed by atoms with Gasteiger partial charge in [-0.1, -0.05) is 0 Å². The van der Waals surface area contributed by atoms with Gasteiger partial charge in [-0.05, 0) is 45.0 Å². The highest BCUT2D eigenvalue weighted by Crippen LogP contribution is 2.15. The van der Waals surface area contributed by atoms with Crippen molar-refractivity contribution < 1.29 is 14.6 Å². The van der Waals surface area contributed by atoms with Crippen LogP contribution < -0.4 is 10.9 Å². The van der Waals surface area contributed by atoms with Crippen LogP contribution in [0.4, 0.5) is 10.5 Å².